The van der Waals surface area contributed by atoms with Gasteiger partial charge in [-0.3, -0.25) is 0 Å². The highest BCUT2D eigenvalue weighted by Gasteiger charge is 2.55. The molecule has 4 heteroatoms. The lowest BCUT2D eigenvalue weighted by molar-refractivity contribution is 0.597. The van der Waals surface area contributed by atoms with Gasteiger partial charge in [-0.05, 0) is 18.0 Å². The molecule has 0 bridgehead atoms. The number of nitrogens with two attached hydrogens (primary N) is 1. The van der Waals surface area contributed by atoms with Gasteiger partial charge in [-0.25, -0.2) is 8.42 Å². The average Bonchev–Trinajstić information content (AvgIpc) is 2.92. The van der Waals surface area contributed by atoms with Gasteiger partial charge in [0, 0.05) is 12.2 Å². The molecule has 0 aliphatic heterocycles. The van der Waals surface area contributed by atoms with Crippen molar-refractivity contribution in [2.24, 2.45) is 11.7 Å². The highest BCUT2D eigenvalue weighted by molar-refractivity contribution is 7.91. The normalized spacial score (nSPS) is 30.1. The van der Waals surface area contributed by atoms with Crippen LogP contribution in [-0.4, -0.2) is 26.5 Å². The number of benzene rings is 1. The van der Waals surface area contributed by atoms with Crippen molar-refractivity contribution < 1.29 is 8.42 Å². The monoisotopic (exact) mass is 225 g/mol. The zero-order valence-electron chi connectivity index (χ0n) is 8.63. The van der Waals surface area contributed by atoms with E-state index in [2.05, 4.69) is 0 Å². The van der Waals surface area contributed by atoms with Gasteiger partial charge in [-0.2, -0.15) is 0 Å². The van der Waals surface area contributed by atoms with E-state index in [1.165, 1.54) is 6.26 Å². The average molecular weight is 225 g/mol. The Morgan fingerprint density at radius 1 is 1.27 bits per heavy atom. The van der Waals surface area contributed by atoms with Gasteiger partial charge in [0.15, 0.2) is 9.84 Å². The van der Waals surface area contributed by atoms with Crippen molar-refractivity contribution in [3.63, 3.8) is 0 Å². The zero-order valence-corrected chi connectivity index (χ0v) is 9.44. The highest BCUT2D eigenvalue weighted by Crippen LogP contribution is 2.51. The third-order valence-electron chi connectivity index (χ3n) is 3.05. The maximum atomic E-state index is 11.5. The molecule has 2 rings (SSSR count). The first-order valence-electron chi connectivity index (χ1n) is 4.99. The molecule has 0 unspecified atom stereocenters. The maximum absolute atomic E-state index is 11.5. The van der Waals surface area contributed by atoms with E-state index in [-0.39, 0.29) is 17.1 Å². The smallest absolute Gasteiger partial charge is 0.151 e. The molecule has 1 aromatic carbocycles. The van der Waals surface area contributed by atoms with Crippen LogP contribution in [0.5, 0.6) is 0 Å². The minimum Gasteiger partial charge on any atom is -0.330 e. The van der Waals surface area contributed by atoms with E-state index < -0.39 is 9.84 Å². The van der Waals surface area contributed by atoms with Crippen molar-refractivity contribution in [1.82, 2.24) is 0 Å². The van der Waals surface area contributed by atoms with Crippen molar-refractivity contribution in [2.75, 3.05) is 12.8 Å². The van der Waals surface area contributed by atoms with Gasteiger partial charge in [0.05, 0.1) is 5.25 Å². The Morgan fingerprint density at radius 3 is 2.27 bits per heavy atom. The van der Waals surface area contributed by atoms with Crippen LogP contribution in [0.2, 0.25) is 0 Å². The molecule has 1 aliphatic carbocycles. The topological polar surface area (TPSA) is 60.2 Å². The van der Waals surface area contributed by atoms with E-state index >= 15 is 0 Å². The summed E-state index contributed by atoms with van der Waals surface area (Å²) < 4.78 is 23.0. The van der Waals surface area contributed by atoms with E-state index in [0.717, 1.165) is 5.56 Å². The molecule has 0 saturated heterocycles. The van der Waals surface area contributed by atoms with Gasteiger partial charge in [0.25, 0.3) is 0 Å². The molecule has 3 nitrogen and oxygen atoms in total. The Kier molecular flexibility index (Phi) is 2.56. The Hall–Kier alpha value is -0.870. The number of sulfone groups is 1. The van der Waals surface area contributed by atoms with Gasteiger partial charge >= 0.3 is 0 Å². The van der Waals surface area contributed by atoms with Crippen molar-refractivity contribution >= 4 is 9.84 Å². The van der Waals surface area contributed by atoms with Gasteiger partial charge in [-0.15, -0.1) is 0 Å². The summed E-state index contributed by atoms with van der Waals surface area (Å²) in [5.74, 6) is 0.202. The molecule has 0 heterocycles. The first-order valence-corrected chi connectivity index (χ1v) is 6.95. The first-order chi connectivity index (χ1) is 7.05. The van der Waals surface area contributed by atoms with E-state index in [1.807, 2.05) is 30.3 Å². The second-order valence-corrected chi connectivity index (χ2v) is 6.33. The lowest BCUT2D eigenvalue weighted by atomic mass is 10.1. The lowest BCUT2D eigenvalue weighted by Gasteiger charge is -1.97. The summed E-state index contributed by atoms with van der Waals surface area (Å²) in [5.41, 5.74) is 6.67. The predicted molar refractivity (Wildman–Crippen MR) is 60.4 cm³/mol. The molecule has 0 radical (unpaired) electrons. The zero-order chi connectivity index (χ0) is 11.1. The van der Waals surface area contributed by atoms with E-state index in [9.17, 15) is 8.42 Å². The quantitative estimate of drug-likeness (QED) is 0.826. The van der Waals surface area contributed by atoms with Crippen LogP contribution < -0.4 is 5.73 Å². The highest BCUT2D eigenvalue weighted by atomic mass is 32.2. The van der Waals surface area contributed by atoms with Crippen molar-refractivity contribution in [3.8, 4) is 0 Å². The number of hydrogen-bond acceptors (Lipinski definition) is 3. The Balaban J connectivity index is 2.27. The summed E-state index contributed by atoms with van der Waals surface area (Å²) in [4.78, 5) is 0. The Bertz CT molecular complexity index is 441. The van der Waals surface area contributed by atoms with Gasteiger partial charge in [-0.1, -0.05) is 30.3 Å². The maximum Gasteiger partial charge on any atom is 0.151 e. The van der Waals surface area contributed by atoms with Crippen molar-refractivity contribution in [1.29, 1.82) is 0 Å². The molecule has 0 spiro atoms. The van der Waals surface area contributed by atoms with Gasteiger partial charge in [0.1, 0.15) is 0 Å². The molecule has 0 aromatic heterocycles. The molecule has 82 valence electrons. The van der Waals surface area contributed by atoms with Crippen LogP contribution >= 0.6 is 0 Å². The van der Waals surface area contributed by atoms with Crippen LogP contribution in [-0.2, 0) is 9.84 Å². The molecular formula is C11H15NO2S. The third-order valence-corrected chi connectivity index (χ3v) is 4.68. The molecule has 1 aromatic rings. The SMILES string of the molecule is CS(=O)(=O)[C@@H]1[C@H](CN)[C@@H]1c1ccccc1. The summed E-state index contributed by atoms with van der Waals surface area (Å²) in [6.07, 6.45) is 1.29. The summed E-state index contributed by atoms with van der Waals surface area (Å²) in [6.45, 7) is 0.442. The minimum atomic E-state index is -2.97. The standard InChI is InChI=1S/C11H15NO2S/c1-15(13,14)11-9(7-12)10(11)8-5-3-2-4-6-8/h2-6,9-11H,7,12H2,1H3/t9-,10+,11-/m1/s1. The molecule has 1 saturated carbocycles. The summed E-state index contributed by atoms with van der Waals surface area (Å²) in [5, 5.41) is -0.273. The summed E-state index contributed by atoms with van der Waals surface area (Å²) in [6, 6.07) is 9.73. The second-order valence-electron chi connectivity index (χ2n) is 4.13. The fraction of sp³-hybridized carbons (Fsp3) is 0.455. The first kappa shape index (κ1) is 10.6. The van der Waals surface area contributed by atoms with Crippen LogP contribution in [0.3, 0.4) is 0 Å². The third kappa shape index (κ3) is 1.92. The molecule has 1 fully saturated rings. The second kappa shape index (κ2) is 3.61. The molecule has 3 atom stereocenters. The Morgan fingerprint density at radius 2 is 1.87 bits per heavy atom. The number of rotatable bonds is 3. The molecule has 1 aliphatic rings. The van der Waals surface area contributed by atoms with Crippen LogP contribution in [0.25, 0.3) is 0 Å². The van der Waals surface area contributed by atoms with Crippen LogP contribution in [0, 0.1) is 5.92 Å². The predicted octanol–water partition coefficient (Wildman–Crippen LogP) is 0.772. The number of hydrogen-bond donors (Lipinski definition) is 1. The van der Waals surface area contributed by atoms with Crippen molar-refractivity contribution in [3.05, 3.63) is 35.9 Å². The van der Waals surface area contributed by atoms with Gasteiger partial charge < -0.3 is 5.73 Å². The van der Waals surface area contributed by atoms with Gasteiger partial charge in [0.2, 0.25) is 0 Å². The summed E-state index contributed by atoms with van der Waals surface area (Å²) >= 11 is 0. The van der Waals surface area contributed by atoms with E-state index in [0.29, 0.717) is 6.54 Å². The molecule has 15 heavy (non-hydrogen) atoms. The summed E-state index contributed by atoms with van der Waals surface area (Å²) in [7, 11) is -2.97. The fourth-order valence-electron chi connectivity index (χ4n) is 2.32. The van der Waals surface area contributed by atoms with E-state index in [1.54, 1.807) is 0 Å². The molecule has 0 amide bonds. The Labute approximate surface area is 90.2 Å². The lowest BCUT2D eigenvalue weighted by Crippen LogP contribution is -2.11. The van der Waals surface area contributed by atoms with E-state index in [4.69, 9.17) is 5.73 Å². The molecule has 2 N–H and O–H groups in total. The van der Waals surface area contributed by atoms with Crippen LogP contribution in [0.4, 0.5) is 0 Å². The fourth-order valence-corrected chi connectivity index (χ4v) is 4.04. The van der Waals surface area contributed by atoms with Crippen molar-refractivity contribution in [2.45, 2.75) is 11.2 Å². The van der Waals surface area contributed by atoms with Crippen LogP contribution in [0.1, 0.15) is 11.5 Å². The molecular weight excluding hydrogens is 210 g/mol. The largest absolute Gasteiger partial charge is 0.330 e. The minimum absolute atomic E-state index is 0.0994. The van der Waals surface area contributed by atoms with Crippen LogP contribution in [0.15, 0.2) is 30.3 Å².